The van der Waals surface area contributed by atoms with Crippen molar-refractivity contribution in [3.8, 4) is 5.88 Å². The summed E-state index contributed by atoms with van der Waals surface area (Å²) < 4.78 is 11.4. The Morgan fingerprint density at radius 2 is 2.33 bits per heavy atom. The summed E-state index contributed by atoms with van der Waals surface area (Å²) >= 11 is 1.50. The molecule has 0 amide bonds. The Hall–Kier alpha value is -1.13. The molecule has 4 heteroatoms. The van der Waals surface area contributed by atoms with E-state index in [-0.39, 0.29) is 6.10 Å². The molecule has 1 unspecified atom stereocenters. The first kappa shape index (κ1) is 9.12. The maximum atomic E-state index is 5.87. The number of ether oxygens (including phenoxy) is 1. The van der Waals surface area contributed by atoms with Gasteiger partial charge in [0.15, 0.2) is 0 Å². The first-order chi connectivity index (χ1) is 7.43. The lowest BCUT2D eigenvalue weighted by Gasteiger charge is -2.09. The number of nitrogens with one attached hydrogen (secondary N) is 1. The highest BCUT2D eigenvalue weighted by Crippen LogP contribution is 2.29. The Labute approximate surface area is 92.2 Å². The molecule has 15 heavy (non-hydrogen) atoms. The van der Waals surface area contributed by atoms with Gasteiger partial charge in [-0.15, -0.1) is 0 Å². The lowest BCUT2D eigenvalue weighted by Crippen LogP contribution is -2.19. The largest absolute Gasteiger partial charge is 0.472 e. The molecule has 1 aliphatic heterocycles. The molecule has 0 saturated carbocycles. The predicted molar refractivity (Wildman–Crippen MR) is 61.5 cm³/mol. The smallest absolute Gasteiger partial charge is 0.233 e. The van der Waals surface area contributed by atoms with Crippen molar-refractivity contribution in [1.29, 1.82) is 0 Å². The number of hydrogen-bond acceptors (Lipinski definition) is 4. The van der Waals surface area contributed by atoms with E-state index < -0.39 is 0 Å². The topological polar surface area (TPSA) is 34.1 Å². The fraction of sp³-hybridized carbons (Fsp3) is 0.364. The van der Waals surface area contributed by atoms with E-state index in [1.807, 2.05) is 12.1 Å². The summed E-state index contributed by atoms with van der Waals surface area (Å²) in [6.07, 6.45) is 1.36. The average Bonchev–Trinajstić information content (AvgIpc) is 2.89. The van der Waals surface area contributed by atoms with Crippen LogP contribution in [0.5, 0.6) is 5.88 Å². The molecular formula is C11H12N2OS. The zero-order valence-corrected chi connectivity index (χ0v) is 9.09. The molecule has 2 aromatic rings. The predicted octanol–water partition coefficient (Wildman–Crippen LogP) is 2.04. The summed E-state index contributed by atoms with van der Waals surface area (Å²) in [5.74, 6) is 0.796. The van der Waals surface area contributed by atoms with Crippen LogP contribution in [0.3, 0.4) is 0 Å². The molecule has 1 saturated heterocycles. The normalized spacial score (nSPS) is 20.9. The summed E-state index contributed by atoms with van der Waals surface area (Å²) in [6, 6.07) is 8.20. The Kier molecular flexibility index (Phi) is 2.31. The fourth-order valence-electron chi connectivity index (χ4n) is 1.83. The summed E-state index contributed by atoms with van der Waals surface area (Å²) in [4.78, 5) is 0. The minimum Gasteiger partial charge on any atom is -0.472 e. The van der Waals surface area contributed by atoms with Crippen molar-refractivity contribution in [1.82, 2.24) is 9.69 Å². The van der Waals surface area contributed by atoms with E-state index in [9.17, 15) is 0 Å². The monoisotopic (exact) mass is 220 g/mol. The highest BCUT2D eigenvalue weighted by Gasteiger charge is 2.18. The molecule has 0 spiro atoms. The van der Waals surface area contributed by atoms with Gasteiger partial charge in [0.2, 0.25) is 5.88 Å². The average molecular weight is 220 g/mol. The minimum atomic E-state index is 0.288. The number of fused-ring (bicyclic) bond motifs is 1. The molecule has 3 rings (SSSR count). The van der Waals surface area contributed by atoms with Crippen LogP contribution in [-0.2, 0) is 0 Å². The molecule has 1 atom stereocenters. The second-order valence-electron chi connectivity index (χ2n) is 3.72. The molecule has 1 N–H and O–H groups in total. The molecule has 78 valence electrons. The van der Waals surface area contributed by atoms with E-state index in [0.29, 0.717) is 0 Å². The van der Waals surface area contributed by atoms with E-state index in [1.165, 1.54) is 16.2 Å². The van der Waals surface area contributed by atoms with Gasteiger partial charge in [0.1, 0.15) is 6.10 Å². The Morgan fingerprint density at radius 3 is 3.20 bits per heavy atom. The number of nitrogens with zero attached hydrogens (tertiary/aromatic N) is 1. The third kappa shape index (κ3) is 1.70. The van der Waals surface area contributed by atoms with Gasteiger partial charge < -0.3 is 10.1 Å². The van der Waals surface area contributed by atoms with Gasteiger partial charge in [0, 0.05) is 6.54 Å². The van der Waals surface area contributed by atoms with Crippen LogP contribution >= 0.6 is 11.5 Å². The van der Waals surface area contributed by atoms with Crippen LogP contribution < -0.4 is 10.1 Å². The SMILES string of the molecule is c1ccc2c(OC3CCNC3)nsc2c1. The van der Waals surface area contributed by atoms with Crippen LogP contribution in [-0.4, -0.2) is 23.6 Å². The molecule has 1 aromatic heterocycles. The van der Waals surface area contributed by atoms with Crippen LogP contribution in [0.15, 0.2) is 24.3 Å². The van der Waals surface area contributed by atoms with Gasteiger partial charge in [-0.1, -0.05) is 12.1 Å². The first-order valence-corrected chi connectivity index (χ1v) is 5.92. The minimum absolute atomic E-state index is 0.288. The Balaban J connectivity index is 1.90. The van der Waals surface area contributed by atoms with Gasteiger partial charge in [-0.25, -0.2) is 0 Å². The zero-order valence-electron chi connectivity index (χ0n) is 8.27. The van der Waals surface area contributed by atoms with Crippen LogP contribution in [0.1, 0.15) is 6.42 Å². The van der Waals surface area contributed by atoms with Crippen molar-refractivity contribution in [3.63, 3.8) is 0 Å². The van der Waals surface area contributed by atoms with E-state index >= 15 is 0 Å². The van der Waals surface area contributed by atoms with Crippen molar-refractivity contribution in [3.05, 3.63) is 24.3 Å². The van der Waals surface area contributed by atoms with Gasteiger partial charge in [0.25, 0.3) is 0 Å². The van der Waals surface area contributed by atoms with Crippen LogP contribution in [0.25, 0.3) is 10.1 Å². The molecule has 0 radical (unpaired) electrons. The summed E-state index contributed by atoms with van der Waals surface area (Å²) in [5, 5.41) is 4.42. The second kappa shape index (κ2) is 3.79. The van der Waals surface area contributed by atoms with Crippen molar-refractivity contribution in [2.75, 3.05) is 13.1 Å². The van der Waals surface area contributed by atoms with E-state index in [2.05, 4.69) is 21.8 Å². The highest BCUT2D eigenvalue weighted by molar-refractivity contribution is 7.13. The maximum absolute atomic E-state index is 5.87. The molecule has 1 aromatic carbocycles. The zero-order chi connectivity index (χ0) is 10.1. The fourth-order valence-corrected chi connectivity index (χ4v) is 2.55. The molecule has 3 nitrogen and oxygen atoms in total. The van der Waals surface area contributed by atoms with Crippen molar-refractivity contribution in [2.24, 2.45) is 0 Å². The van der Waals surface area contributed by atoms with Crippen molar-refractivity contribution >= 4 is 21.6 Å². The molecule has 1 fully saturated rings. The van der Waals surface area contributed by atoms with Crippen LogP contribution in [0.4, 0.5) is 0 Å². The lowest BCUT2D eigenvalue weighted by molar-refractivity contribution is 0.219. The Morgan fingerprint density at radius 1 is 1.40 bits per heavy atom. The van der Waals surface area contributed by atoms with Crippen molar-refractivity contribution in [2.45, 2.75) is 12.5 Å². The van der Waals surface area contributed by atoms with Gasteiger partial charge >= 0.3 is 0 Å². The lowest BCUT2D eigenvalue weighted by atomic mass is 10.3. The number of benzene rings is 1. The van der Waals surface area contributed by atoms with Gasteiger partial charge in [0.05, 0.1) is 10.1 Å². The molecule has 1 aliphatic rings. The molecule has 0 bridgehead atoms. The third-order valence-electron chi connectivity index (χ3n) is 2.64. The van der Waals surface area contributed by atoms with E-state index in [1.54, 1.807) is 0 Å². The quantitative estimate of drug-likeness (QED) is 0.841. The van der Waals surface area contributed by atoms with Crippen LogP contribution in [0.2, 0.25) is 0 Å². The number of rotatable bonds is 2. The molecular weight excluding hydrogens is 208 g/mol. The highest BCUT2D eigenvalue weighted by atomic mass is 32.1. The standard InChI is InChI=1S/C11H12N2OS/c1-2-4-10-9(3-1)11(13-15-10)14-8-5-6-12-7-8/h1-4,8,12H,5-7H2. The van der Waals surface area contributed by atoms with Crippen molar-refractivity contribution < 1.29 is 4.74 Å². The van der Waals surface area contributed by atoms with E-state index in [4.69, 9.17) is 4.74 Å². The summed E-state index contributed by atoms with van der Waals surface area (Å²) in [5.41, 5.74) is 0. The summed E-state index contributed by atoms with van der Waals surface area (Å²) in [7, 11) is 0. The van der Waals surface area contributed by atoms with Crippen LogP contribution in [0, 0.1) is 0 Å². The summed E-state index contributed by atoms with van der Waals surface area (Å²) in [6.45, 7) is 1.98. The van der Waals surface area contributed by atoms with Gasteiger partial charge in [-0.05, 0) is 36.6 Å². The van der Waals surface area contributed by atoms with Gasteiger partial charge in [-0.3, -0.25) is 0 Å². The number of aromatic nitrogens is 1. The maximum Gasteiger partial charge on any atom is 0.233 e. The first-order valence-electron chi connectivity index (χ1n) is 5.15. The molecule has 2 heterocycles. The Bertz CT molecular complexity index is 462. The van der Waals surface area contributed by atoms with Gasteiger partial charge in [-0.2, -0.15) is 4.37 Å². The molecule has 0 aliphatic carbocycles. The number of hydrogen-bond donors (Lipinski definition) is 1. The second-order valence-corrected chi connectivity index (χ2v) is 4.52. The van der Waals surface area contributed by atoms with E-state index in [0.717, 1.165) is 30.8 Å². The third-order valence-corrected chi connectivity index (χ3v) is 3.45.